The number of hydrogen-bond acceptors (Lipinski definition) is 4. The van der Waals surface area contributed by atoms with Crippen LogP contribution in [0.25, 0.3) is 0 Å². The Bertz CT molecular complexity index is 674. The number of aryl methyl sites for hydroxylation is 2. The molecule has 2 rings (SSSR count). The van der Waals surface area contributed by atoms with Gasteiger partial charge in [0.25, 0.3) is 0 Å². The minimum atomic E-state index is -2.47. The summed E-state index contributed by atoms with van der Waals surface area (Å²) < 4.78 is 29.1. The lowest BCUT2D eigenvalue weighted by Crippen LogP contribution is -2.06. The highest BCUT2D eigenvalue weighted by Crippen LogP contribution is 2.29. The van der Waals surface area contributed by atoms with E-state index in [1.165, 1.54) is 6.07 Å². The van der Waals surface area contributed by atoms with Crippen molar-refractivity contribution < 1.29 is 13.2 Å². The number of thiocarbonyl (C=S) groups is 1. The molecule has 0 spiro atoms. The van der Waals surface area contributed by atoms with Crippen molar-refractivity contribution in [2.75, 3.05) is 4.72 Å². The molecule has 1 unspecified atom stereocenters. The largest absolute Gasteiger partial charge is 0.755 e. The zero-order chi connectivity index (χ0) is 15.4. The summed E-state index contributed by atoms with van der Waals surface area (Å²) in [5.41, 5.74) is 1.65. The minimum absolute atomic E-state index is 0.154. The lowest BCUT2D eigenvalue weighted by molar-refractivity contribution is 0.508. The second-order valence-electron chi connectivity index (χ2n) is 4.18. The van der Waals surface area contributed by atoms with Gasteiger partial charge in [0.15, 0.2) is 0 Å². The van der Waals surface area contributed by atoms with Crippen LogP contribution in [0, 0.1) is 0 Å². The fraction of sp³-hybridized carbons (Fsp3) is 0.154. The van der Waals surface area contributed by atoms with Crippen LogP contribution in [0.3, 0.4) is 0 Å². The molecule has 1 atom stereocenters. The van der Waals surface area contributed by atoms with E-state index in [1.54, 1.807) is 12.3 Å². The van der Waals surface area contributed by atoms with Gasteiger partial charge in [-0.05, 0) is 36.2 Å². The zero-order valence-electron chi connectivity index (χ0n) is 10.6. The maximum Gasteiger partial charge on any atom is 0.111 e. The highest BCUT2D eigenvalue weighted by atomic mass is 35.5. The lowest BCUT2D eigenvalue weighted by Gasteiger charge is -2.14. The van der Waals surface area contributed by atoms with E-state index in [9.17, 15) is 8.76 Å². The van der Waals surface area contributed by atoms with E-state index in [0.717, 1.165) is 11.3 Å². The predicted octanol–water partition coefficient (Wildman–Crippen LogP) is 3.84. The molecule has 21 heavy (non-hydrogen) atoms. The van der Waals surface area contributed by atoms with Gasteiger partial charge in [-0.3, -0.25) is 4.21 Å². The SMILES string of the molecule is O=S([O-])Nc1cc(C(=S)Cl)c(CCc2ccco2)cc1Cl. The van der Waals surface area contributed by atoms with Gasteiger partial charge in [0.1, 0.15) is 10.1 Å². The lowest BCUT2D eigenvalue weighted by atomic mass is 10.0. The van der Waals surface area contributed by atoms with Crippen molar-refractivity contribution in [3.8, 4) is 0 Å². The summed E-state index contributed by atoms with van der Waals surface area (Å²) in [6, 6.07) is 6.87. The fourth-order valence-corrected chi connectivity index (χ4v) is 2.89. The summed E-state index contributed by atoms with van der Waals surface area (Å²) in [7, 11) is 0. The van der Waals surface area contributed by atoms with Gasteiger partial charge in [0.2, 0.25) is 0 Å². The smallest absolute Gasteiger partial charge is 0.111 e. The highest BCUT2D eigenvalue weighted by Gasteiger charge is 2.12. The Balaban J connectivity index is 2.29. The van der Waals surface area contributed by atoms with Gasteiger partial charge < -0.3 is 13.7 Å². The standard InChI is InChI=1S/C13H11Cl2NO3S2/c14-11-6-8(3-4-9-2-1-5-19-9)10(13(15)20)7-12(11)16-21(17)18/h1-2,5-7,16H,3-4H2,(H,17,18)/p-1. The third-order valence-electron chi connectivity index (χ3n) is 2.82. The Morgan fingerprint density at radius 3 is 2.76 bits per heavy atom. The number of benzene rings is 1. The fourth-order valence-electron chi connectivity index (χ4n) is 1.88. The molecule has 112 valence electrons. The number of furan rings is 1. The van der Waals surface area contributed by atoms with Crippen molar-refractivity contribution in [1.29, 1.82) is 0 Å². The van der Waals surface area contributed by atoms with Crippen LogP contribution in [-0.4, -0.2) is 13.1 Å². The average molecular weight is 363 g/mol. The first kappa shape index (κ1) is 16.5. The highest BCUT2D eigenvalue weighted by molar-refractivity contribution is 7.83. The van der Waals surface area contributed by atoms with Crippen molar-refractivity contribution >= 4 is 56.7 Å². The van der Waals surface area contributed by atoms with Crippen LogP contribution < -0.4 is 4.72 Å². The molecule has 8 heteroatoms. The average Bonchev–Trinajstić information content (AvgIpc) is 2.91. The molecule has 0 saturated heterocycles. The van der Waals surface area contributed by atoms with Crippen molar-refractivity contribution in [3.05, 3.63) is 52.4 Å². The molecule has 0 radical (unpaired) electrons. The summed E-state index contributed by atoms with van der Waals surface area (Å²) >= 11 is 14.5. The molecule has 2 aromatic rings. The van der Waals surface area contributed by atoms with Crippen molar-refractivity contribution in [1.82, 2.24) is 0 Å². The van der Waals surface area contributed by atoms with Gasteiger partial charge in [-0.15, -0.1) is 0 Å². The van der Waals surface area contributed by atoms with E-state index in [-0.39, 0.29) is 15.0 Å². The quantitative estimate of drug-likeness (QED) is 0.481. The molecule has 0 aliphatic carbocycles. The van der Waals surface area contributed by atoms with Gasteiger partial charge in [-0.25, -0.2) is 0 Å². The summed E-state index contributed by atoms with van der Waals surface area (Å²) in [6.07, 6.45) is 2.89. The molecule has 0 saturated carbocycles. The topological polar surface area (TPSA) is 65.3 Å². The Morgan fingerprint density at radius 1 is 1.43 bits per heavy atom. The summed E-state index contributed by atoms with van der Waals surface area (Å²) in [5, 5.41) is 0.283. The van der Waals surface area contributed by atoms with Crippen LogP contribution in [0.4, 0.5) is 5.69 Å². The van der Waals surface area contributed by atoms with Gasteiger partial charge in [-0.2, -0.15) is 0 Å². The Hall–Kier alpha value is -0.920. The van der Waals surface area contributed by atoms with E-state index in [1.807, 2.05) is 12.1 Å². The van der Waals surface area contributed by atoms with Crippen LogP contribution in [-0.2, 0) is 24.1 Å². The maximum absolute atomic E-state index is 10.7. The van der Waals surface area contributed by atoms with E-state index in [0.29, 0.717) is 18.4 Å². The molecule has 0 amide bonds. The third-order valence-corrected chi connectivity index (χ3v) is 3.94. The summed E-state index contributed by atoms with van der Waals surface area (Å²) in [6.45, 7) is 0. The molecule has 4 nitrogen and oxygen atoms in total. The van der Waals surface area contributed by atoms with Crippen LogP contribution in [0.15, 0.2) is 34.9 Å². The molecule has 1 aromatic carbocycles. The molecule has 0 aliphatic heterocycles. The molecule has 1 aromatic heterocycles. The van der Waals surface area contributed by atoms with Crippen molar-refractivity contribution in [2.24, 2.45) is 0 Å². The van der Waals surface area contributed by atoms with E-state index < -0.39 is 11.3 Å². The third kappa shape index (κ3) is 4.52. The second-order valence-corrected chi connectivity index (χ2v) is 6.27. The first-order valence-electron chi connectivity index (χ1n) is 5.88. The minimum Gasteiger partial charge on any atom is -0.755 e. The monoisotopic (exact) mass is 362 g/mol. The number of anilines is 1. The number of halogens is 2. The molecular formula is C13H10Cl2NO3S2-. The molecule has 0 aliphatic rings. The molecular weight excluding hydrogens is 353 g/mol. The first-order valence-corrected chi connectivity index (χ1v) is 8.12. The number of rotatable bonds is 6. The molecule has 1 heterocycles. The van der Waals surface area contributed by atoms with Crippen molar-refractivity contribution in [2.45, 2.75) is 12.8 Å². The summed E-state index contributed by atoms with van der Waals surface area (Å²) in [4.78, 5) is 0. The van der Waals surface area contributed by atoms with E-state index in [2.05, 4.69) is 4.72 Å². The van der Waals surface area contributed by atoms with Gasteiger partial charge in [0.05, 0.1) is 17.0 Å². The number of nitrogens with one attached hydrogen (secondary N) is 1. The number of hydrogen-bond donors (Lipinski definition) is 1. The van der Waals surface area contributed by atoms with Crippen LogP contribution in [0.5, 0.6) is 0 Å². The van der Waals surface area contributed by atoms with Gasteiger partial charge in [-0.1, -0.05) is 35.4 Å². The summed E-state index contributed by atoms with van der Waals surface area (Å²) in [5.74, 6) is 0.834. The van der Waals surface area contributed by atoms with Gasteiger partial charge in [0, 0.05) is 23.3 Å². The molecule has 0 fully saturated rings. The van der Waals surface area contributed by atoms with Crippen LogP contribution in [0.1, 0.15) is 16.9 Å². The predicted molar refractivity (Wildman–Crippen MR) is 87.7 cm³/mol. The Kier molecular flexibility index (Phi) is 5.78. The van der Waals surface area contributed by atoms with E-state index >= 15 is 0 Å². The molecule has 1 N–H and O–H groups in total. The Labute approximate surface area is 139 Å². The first-order chi connectivity index (χ1) is 9.97. The van der Waals surface area contributed by atoms with E-state index in [4.69, 9.17) is 39.8 Å². The Morgan fingerprint density at radius 2 is 2.19 bits per heavy atom. The van der Waals surface area contributed by atoms with Crippen LogP contribution >= 0.6 is 35.4 Å². The van der Waals surface area contributed by atoms with Crippen molar-refractivity contribution in [3.63, 3.8) is 0 Å². The normalized spacial score (nSPS) is 12.1. The maximum atomic E-state index is 10.7. The van der Waals surface area contributed by atoms with Gasteiger partial charge >= 0.3 is 0 Å². The van der Waals surface area contributed by atoms with Crippen LogP contribution in [0.2, 0.25) is 5.02 Å². The zero-order valence-corrected chi connectivity index (χ0v) is 13.7. The second kappa shape index (κ2) is 7.38. The molecule has 0 bridgehead atoms.